The van der Waals surface area contributed by atoms with Crippen LogP contribution in [0, 0.1) is 0 Å². The molecule has 1 N–H and O–H groups in total. The number of aryl methyl sites for hydroxylation is 2. The summed E-state index contributed by atoms with van der Waals surface area (Å²) in [5, 5.41) is 7.77. The molecule has 2 aromatic rings. The highest BCUT2D eigenvalue weighted by molar-refractivity contribution is 5.15. The van der Waals surface area contributed by atoms with Crippen LogP contribution in [0.5, 0.6) is 0 Å². The van der Waals surface area contributed by atoms with Crippen molar-refractivity contribution in [1.29, 1.82) is 0 Å². The Hall–Kier alpha value is -1.55. The quantitative estimate of drug-likeness (QED) is 0.792. The first-order chi connectivity index (χ1) is 9.33. The first-order valence-corrected chi connectivity index (χ1v) is 7.20. The summed E-state index contributed by atoms with van der Waals surface area (Å²) in [6, 6.07) is 4.68. The van der Waals surface area contributed by atoms with Crippen molar-refractivity contribution >= 4 is 0 Å². The first kappa shape index (κ1) is 13.9. The molecule has 0 radical (unpaired) electrons. The number of hydrogen-bond donors (Lipinski definition) is 1. The van der Waals surface area contributed by atoms with Crippen molar-refractivity contribution in [3.63, 3.8) is 0 Å². The van der Waals surface area contributed by atoms with Crippen LogP contribution in [0.1, 0.15) is 38.3 Å². The summed E-state index contributed by atoms with van der Waals surface area (Å²) in [4.78, 5) is 0. The molecule has 1 atom stereocenters. The summed E-state index contributed by atoms with van der Waals surface area (Å²) in [6.45, 7) is 7.30. The van der Waals surface area contributed by atoms with Crippen LogP contribution in [0.15, 0.2) is 36.9 Å². The molecule has 0 aliphatic carbocycles. The molecule has 104 valence electrons. The predicted molar refractivity (Wildman–Crippen MR) is 78.0 cm³/mol. The molecular weight excluding hydrogens is 236 g/mol. The summed E-state index contributed by atoms with van der Waals surface area (Å²) < 4.78 is 4.21. The van der Waals surface area contributed by atoms with Crippen molar-refractivity contribution in [2.75, 3.05) is 6.54 Å². The van der Waals surface area contributed by atoms with Crippen LogP contribution in [0.25, 0.3) is 0 Å². The molecular formula is C15H24N4. The lowest BCUT2D eigenvalue weighted by atomic mass is 10.1. The van der Waals surface area contributed by atoms with Crippen LogP contribution < -0.4 is 5.32 Å². The van der Waals surface area contributed by atoms with Gasteiger partial charge in [-0.1, -0.05) is 20.3 Å². The molecule has 2 rings (SSSR count). The monoisotopic (exact) mass is 260 g/mol. The van der Waals surface area contributed by atoms with Crippen LogP contribution in [0.2, 0.25) is 0 Å². The zero-order valence-electron chi connectivity index (χ0n) is 11.9. The van der Waals surface area contributed by atoms with Gasteiger partial charge in [0.05, 0.1) is 6.54 Å². The summed E-state index contributed by atoms with van der Waals surface area (Å²) >= 11 is 0. The van der Waals surface area contributed by atoms with E-state index in [1.807, 2.05) is 23.1 Å². The van der Waals surface area contributed by atoms with E-state index in [2.05, 4.69) is 47.3 Å². The second-order valence-electron chi connectivity index (χ2n) is 4.85. The Labute approximate surface area is 115 Å². The van der Waals surface area contributed by atoms with Gasteiger partial charge in [-0.3, -0.25) is 4.68 Å². The van der Waals surface area contributed by atoms with Crippen LogP contribution >= 0.6 is 0 Å². The zero-order chi connectivity index (χ0) is 13.5. The van der Waals surface area contributed by atoms with Crippen molar-refractivity contribution in [2.45, 2.75) is 45.8 Å². The van der Waals surface area contributed by atoms with Gasteiger partial charge >= 0.3 is 0 Å². The van der Waals surface area contributed by atoms with Gasteiger partial charge in [-0.25, -0.2) is 0 Å². The minimum absolute atomic E-state index is 0.487. The maximum absolute atomic E-state index is 4.22. The summed E-state index contributed by atoms with van der Waals surface area (Å²) in [7, 11) is 0. The SMILES string of the molecule is CCCC(NCC)c1ccn(CCn2cccn2)c1. The fourth-order valence-corrected chi connectivity index (χ4v) is 2.38. The highest BCUT2D eigenvalue weighted by atomic mass is 15.3. The third kappa shape index (κ3) is 3.96. The van der Waals surface area contributed by atoms with Crippen LogP contribution in [-0.2, 0) is 13.1 Å². The van der Waals surface area contributed by atoms with Gasteiger partial charge in [0.15, 0.2) is 0 Å². The van der Waals surface area contributed by atoms with Crippen molar-refractivity contribution in [3.05, 3.63) is 42.5 Å². The van der Waals surface area contributed by atoms with Gasteiger partial charge in [0.1, 0.15) is 0 Å². The van der Waals surface area contributed by atoms with Gasteiger partial charge < -0.3 is 9.88 Å². The Morgan fingerprint density at radius 2 is 2.16 bits per heavy atom. The molecule has 0 aromatic carbocycles. The third-order valence-electron chi connectivity index (χ3n) is 3.35. The lowest BCUT2D eigenvalue weighted by Gasteiger charge is -2.15. The minimum atomic E-state index is 0.487. The van der Waals surface area contributed by atoms with Crippen molar-refractivity contribution in [3.8, 4) is 0 Å². The minimum Gasteiger partial charge on any atom is -0.352 e. The van der Waals surface area contributed by atoms with Gasteiger partial charge in [-0.15, -0.1) is 0 Å². The van der Waals surface area contributed by atoms with Crippen LogP contribution in [-0.4, -0.2) is 20.9 Å². The van der Waals surface area contributed by atoms with Gasteiger partial charge in [0.2, 0.25) is 0 Å². The van der Waals surface area contributed by atoms with Gasteiger partial charge in [0.25, 0.3) is 0 Å². The van der Waals surface area contributed by atoms with Crippen molar-refractivity contribution in [1.82, 2.24) is 19.7 Å². The molecule has 2 aromatic heterocycles. The molecule has 0 saturated heterocycles. The van der Waals surface area contributed by atoms with Gasteiger partial charge in [0, 0.05) is 37.4 Å². The molecule has 0 aliphatic rings. The Kier molecular flexibility index (Phi) is 5.21. The summed E-state index contributed by atoms with van der Waals surface area (Å²) in [5.41, 5.74) is 1.39. The Morgan fingerprint density at radius 1 is 1.26 bits per heavy atom. The van der Waals surface area contributed by atoms with Crippen LogP contribution in [0.3, 0.4) is 0 Å². The van der Waals surface area contributed by atoms with Gasteiger partial charge in [-0.05, 0) is 30.7 Å². The normalized spacial score (nSPS) is 12.7. The predicted octanol–water partition coefficient (Wildman–Crippen LogP) is 2.84. The smallest absolute Gasteiger partial charge is 0.0588 e. The Morgan fingerprint density at radius 3 is 2.84 bits per heavy atom. The molecule has 0 bridgehead atoms. The number of hydrogen-bond acceptors (Lipinski definition) is 2. The van der Waals surface area contributed by atoms with E-state index in [1.165, 1.54) is 18.4 Å². The lowest BCUT2D eigenvalue weighted by molar-refractivity contribution is 0.504. The number of rotatable bonds is 8. The van der Waals surface area contributed by atoms with E-state index >= 15 is 0 Å². The second kappa shape index (κ2) is 7.14. The fourth-order valence-electron chi connectivity index (χ4n) is 2.38. The van der Waals surface area contributed by atoms with Crippen molar-refractivity contribution in [2.24, 2.45) is 0 Å². The van der Waals surface area contributed by atoms with E-state index in [4.69, 9.17) is 0 Å². The Balaban J connectivity index is 1.93. The third-order valence-corrected chi connectivity index (χ3v) is 3.35. The standard InChI is InChI=1S/C15H24N4/c1-3-6-15(16-4-2)14-7-10-18(13-14)11-12-19-9-5-8-17-19/h5,7-10,13,15-16H,3-4,6,11-12H2,1-2H3. The Bertz CT molecular complexity index is 452. The number of nitrogens with zero attached hydrogens (tertiary/aromatic N) is 3. The van der Waals surface area contributed by atoms with E-state index in [0.29, 0.717) is 6.04 Å². The lowest BCUT2D eigenvalue weighted by Crippen LogP contribution is -2.20. The highest BCUT2D eigenvalue weighted by Crippen LogP contribution is 2.18. The second-order valence-corrected chi connectivity index (χ2v) is 4.85. The van der Waals surface area contributed by atoms with E-state index < -0.39 is 0 Å². The van der Waals surface area contributed by atoms with E-state index in [9.17, 15) is 0 Å². The fraction of sp³-hybridized carbons (Fsp3) is 0.533. The highest BCUT2D eigenvalue weighted by Gasteiger charge is 2.10. The molecule has 2 heterocycles. The number of nitrogens with one attached hydrogen (secondary N) is 1. The summed E-state index contributed by atoms with van der Waals surface area (Å²) in [6.07, 6.45) is 10.6. The van der Waals surface area contributed by atoms with E-state index in [-0.39, 0.29) is 0 Å². The molecule has 0 saturated carbocycles. The largest absolute Gasteiger partial charge is 0.352 e. The van der Waals surface area contributed by atoms with E-state index in [1.54, 1.807) is 0 Å². The maximum Gasteiger partial charge on any atom is 0.0588 e. The van der Waals surface area contributed by atoms with Crippen LogP contribution in [0.4, 0.5) is 0 Å². The molecule has 0 aliphatic heterocycles. The molecule has 1 unspecified atom stereocenters. The average molecular weight is 260 g/mol. The molecule has 0 amide bonds. The number of aromatic nitrogens is 3. The molecule has 19 heavy (non-hydrogen) atoms. The maximum atomic E-state index is 4.22. The molecule has 0 spiro atoms. The molecule has 0 fully saturated rings. The van der Waals surface area contributed by atoms with E-state index in [0.717, 1.165) is 19.6 Å². The molecule has 4 nitrogen and oxygen atoms in total. The topological polar surface area (TPSA) is 34.8 Å². The zero-order valence-corrected chi connectivity index (χ0v) is 11.9. The molecule has 4 heteroatoms. The van der Waals surface area contributed by atoms with Crippen molar-refractivity contribution < 1.29 is 0 Å². The average Bonchev–Trinajstić information content (AvgIpc) is 3.07. The van der Waals surface area contributed by atoms with Gasteiger partial charge in [-0.2, -0.15) is 5.10 Å². The summed E-state index contributed by atoms with van der Waals surface area (Å²) in [5.74, 6) is 0. The first-order valence-electron chi connectivity index (χ1n) is 7.20.